The summed E-state index contributed by atoms with van der Waals surface area (Å²) in [6, 6.07) is 9.92. The Morgan fingerprint density at radius 3 is 2.70 bits per heavy atom. The second-order valence-corrected chi connectivity index (χ2v) is 4.26. The quantitative estimate of drug-likeness (QED) is 0.854. The van der Waals surface area contributed by atoms with Gasteiger partial charge in [0.1, 0.15) is 12.3 Å². The van der Waals surface area contributed by atoms with Crippen LogP contribution in [0, 0.1) is 11.3 Å². The molecule has 2 N–H and O–H groups in total. The van der Waals surface area contributed by atoms with Crippen molar-refractivity contribution in [2.24, 2.45) is 5.73 Å². The van der Waals surface area contributed by atoms with Crippen molar-refractivity contribution in [1.82, 2.24) is 15.0 Å². The van der Waals surface area contributed by atoms with Gasteiger partial charge in [0.25, 0.3) is 0 Å². The number of nitrogens with zero attached hydrogens (tertiary/aromatic N) is 4. The van der Waals surface area contributed by atoms with Gasteiger partial charge in [-0.3, -0.25) is 0 Å². The van der Waals surface area contributed by atoms with Crippen LogP contribution in [0.15, 0.2) is 24.3 Å². The first-order valence-corrected chi connectivity index (χ1v) is 6.48. The molecular formula is C14H17N5O. The zero-order valence-electron chi connectivity index (χ0n) is 11.4. The van der Waals surface area contributed by atoms with Crippen LogP contribution in [0.3, 0.4) is 0 Å². The van der Waals surface area contributed by atoms with E-state index in [9.17, 15) is 0 Å². The maximum Gasteiger partial charge on any atom is 0.130 e. The summed E-state index contributed by atoms with van der Waals surface area (Å²) in [6.45, 7) is 3.10. The predicted molar refractivity (Wildman–Crippen MR) is 73.9 cm³/mol. The molecule has 2 rings (SSSR count). The molecule has 6 nitrogen and oxygen atoms in total. The van der Waals surface area contributed by atoms with Gasteiger partial charge in [-0.15, -0.1) is 5.10 Å². The van der Waals surface area contributed by atoms with Crippen LogP contribution in [0.2, 0.25) is 0 Å². The fourth-order valence-corrected chi connectivity index (χ4v) is 1.98. The molecule has 0 radical (unpaired) electrons. The Bertz CT molecular complexity index is 597. The summed E-state index contributed by atoms with van der Waals surface area (Å²) in [5, 5.41) is 16.8. The normalized spacial score (nSPS) is 10.2. The van der Waals surface area contributed by atoms with Crippen molar-refractivity contribution in [2.75, 3.05) is 6.61 Å². The standard InChI is InChI=1S/C14H17N5O/c1-2-20-12-5-3-11(4-6-12)9-14-13(10-16)17-18-19(14)8-7-15/h3-6H,2,8-10,16H2,1H3. The summed E-state index contributed by atoms with van der Waals surface area (Å²) < 4.78 is 7.01. The van der Waals surface area contributed by atoms with Crippen molar-refractivity contribution in [3.05, 3.63) is 41.2 Å². The van der Waals surface area contributed by atoms with E-state index in [1.165, 1.54) is 0 Å². The van der Waals surface area contributed by atoms with E-state index in [0.29, 0.717) is 19.6 Å². The molecule has 0 bridgehead atoms. The first-order valence-electron chi connectivity index (χ1n) is 6.48. The molecule has 0 spiro atoms. The Morgan fingerprint density at radius 1 is 1.35 bits per heavy atom. The Balaban J connectivity index is 2.20. The van der Waals surface area contributed by atoms with Crippen molar-refractivity contribution < 1.29 is 4.74 Å². The average molecular weight is 271 g/mol. The number of rotatable bonds is 6. The number of nitriles is 1. The smallest absolute Gasteiger partial charge is 0.130 e. The van der Waals surface area contributed by atoms with Gasteiger partial charge >= 0.3 is 0 Å². The average Bonchev–Trinajstić information content (AvgIpc) is 2.84. The molecule has 0 aliphatic heterocycles. The number of hydrogen-bond acceptors (Lipinski definition) is 5. The van der Waals surface area contributed by atoms with Crippen LogP contribution in [-0.4, -0.2) is 21.6 Å². The van der Waals surface area contributed by atoms with Crippen LogP contribution < -0.4 is 10.5 Å². The fraction of sp³-hybridized carbons (Fsp3) is 0.357. The van der Waals surface area contributed by atoms with E-state index in [1.807, 2.05) is 31.2 Å². The Morgan fingerprint density at radius 2 is 2.10 bits per heavy atom. The highest BCUT2D eigenvalue weighted by molar-refractivity contribution is 5.30. The van der Waals surface area contributed by atoms with Crippen molar-refractivity contribution >= 4 is 0 Å². The van der Waals surface area contributed by atoms with Crippen LogP contribution in [0.5, 0.6) is 5.75 Å². The molecule has 0 aliphatic carbocycles. The molecule has 2 aromatic rings. The first kappa shape index (κ1) is 14.0. The largest absolute Gasteiger partial charge is 0.494 e. The van der Waals surface area contributed by atoms with Crippen LogP contribution >= 0.6 is 0 Å². The second kappa shape index (κ2) is 6.68. The van der Waals surface area contributed by atoms with Gasteiger partial charge in [-0.1, -0.05) is 17.3 Å². The fourth-order valence-electron chi connectivity index (χ4n) is 1.98. The van der Waals surface area contributed by atoms with E-state index in [0.717, 1.165) is 22.7 Å². The molecule has 0 fully saturated rings. The Hall–Kier alpha value is -2.39. The molecule has 20 heavy (non-hydrogen) atoms. The lowest BCUT2D eigenvalue weighted by Crippen LogP contribution is -2.08. The van der Waals surface area contributed by atoms with Crippen LogP contribution in [0.25, 0.3) is 0 Å². The van der Waals surface area contributed by atoms with Crippen LogP contribution in [-0.2, 0) is 19.5 Å². The second-order valence-electron chi connectivity index (χ2n) is 4.26. The molecule has 0 saturated heterocycles. The minimum atomic E-state index is 0.180. The molecule has 0 amide bonds. The predicted octanol–water partition coefficient (Wildman–Crippen LogP) is 1.25. The number of aromatic nitrogens is 3. The Kier molecular flexibility index (Phi) is 4.69. The number of hydrogen-bond donors (Lipinski definition) is 1. The maximum atomic E-state index is 8.80. The van der Waals surface area contributed by atoms with Crippen LogP contribution in [0.4, 0.5) is 0 Å². The minimum Gasteiger partial charge on any atom is -0.494 e. The molecular weight excluding hydrogens is 254 g/mol. The highest BCUT2D eigenvalue weighted by atomic mass is 16.5. The Labute approximate surface area is 117 Å². The lowest BCUT2D eigenvalue weighted by atomic mass is 10.1. The van der Waals surface area contributed by atoms with E-state index in [-0.39, 0.29) is 6.54 Å². The van der Waals surface area contributed by atoms with Crippen molar-refractivity contribution in [2.45, 2.75) is 26.4 Å². The summed E-state index contributed by atoms with van der Waals surface area (Å²) in [7, 11) is 0. The zero-order chi connectivity index (χ0) is 14.4. The van der Waals surface area contributed by atoms with E-state index in [1.54, 1.807) is 4.68 Å². The summed E-state index contributed by atoms with van der Waals surface area (Å²) >= 11 is 0. The van der Waals surface area contributed by atoms with Crippen molar-refractivity contribution in [3.8, 4) is 11.8 Å². The van der Waals surface area contributed by atoms with E-state index >= 15 is 0 Å². The van der Waals surface area contributed by atoms with E-state index in [2.05, 4.69) is 16.4 Å². The lowest BCUT2D eigenvalue weighted by Gasteiger charge is -2.07. The highest BCUT2D eigenvalue weighted by Crippen LogP contribution is 2.16. The first-order chi connectivity index (χ1) is 9.78. The van der Waals surface area contributed by atoms with E-state index in [4.69, 9.17) is 15.7 Å². The third kappa shape index (κ3) is 3.13. The molecule has 0 aliphatic rings. The van der Waals surface area contributed by atoms with Gasteiger partial charge in [0, 0.05) is 13.0 Å². The topological polar surface area (TPSA) is 89.8 Å². The number of benzene rings is 1. The summed E-state index contributed by atoms with van der Waals surface area (Å²) in [5.41, 5.74) is 8.38. The van der Waals surface area contributed by atoms with Gasteiger partial charge in [-0.25, -0.2) is 4.68 Å². The number of nitrogens with two attached hydrogens (primary N) is 1. The number of ether oxygens (including phenoxy) is 1. The third-order valence-electron chi connectivity index (χ3n) is 2.94. The molecule has 1 aromatic heterocycles. The SMILES string of the molecule is CCOc1ccc(Cc2c(CN)nnn2CC#N)cc1. The molecule has 0 saturated carbocycles. The maximum absolute atomic E-state index is 8.80. The zero-order valence-corrected chi connectivity index (χ0v) is 11.4. The van der Waals surface area contributed by atoms with Gasteiger partial charge in [-0.05, 0) is 24.6 Å². The molecule has 1 aromatic carbocycles. The van der Waals surface area contributed by atoms with Gasteiger partial charge < -0.3 is 10.5 Å². The van der Waals surface area contributed by atoms with Gasteiger partial charge in [0.2, 0.25) is 0 Å². The summed E-state index contributed by atoms with van der Waals surface area (Å²) in [5.74, 6) is 0.846. The monoisotopic (exact) mass is 271 g/mol. The lowest BCUT2D eigenvalue weighted by molar-refractivity contribution is 0.340. The van der Waals surface area contributed by atoms with Crippen molar-refractivity contribution in [1.29, 1.82) is 5.26 Å². The minimum absolute atomic E-state index is 0.180. The third-order valence-corrected chi connectivity index (χ3v) is 2.94. The van der Waals surface area contributed by atoms with Crippen LogP contribution in [0.1, 0.15) is 23.9 Å². The molecule has 0 atom stereocenters. The van der Waals surface area contributed by atoms with Gasteiger partial charge in [0.05, 0.1) is 24.1 Å². The summed E-state index contributed by atoms with van der Waals surface area (Å²) in [6.07, 6.45) is 0.646. The molecule has 0 unspecified atom stereocenters. The summed E-state index contributed by atoms with van der Waals surface area (Å²) in [4.78, 5) is 0. The molecule has 104 valence electrons. The molecule has 1 heterocycles. The van der Waals surface area contributed by atoms with E-state index < -0.39 is 0 Å². The highest BCUT2D eigenvalue weighted by Gasteiger charge is 2.12. The van der Waals surface area contributed by atoms with Gasteiger partial charge in [-0.2, -0.15) is 5.26 Å². The molecule has 6 heteroatoms. The van der Waals surface area contributed by atoms with Crippen molar-refractivity contribution in [3.63, 3.8) is 0 Å². The van der Waals surface area contributed by atoms with Gasteiger partial charge in [0.15, 0.2) is 0 Å².